The first-order valence-corrected chi connectivity index (χ1v) is 20.6. The number of anilines is 4. The third kappa shape index (κ3) is 7.29. The summed E-state index contributed by atoms with van der Waals surface area (Å²) < 4.78 is 32.0. The first-order valence-electron chi connectivity index (χ1n) is 20.6. The van der Waals surface area contributed by atoms with Crippen LogP contribution in [-0.2, 0) is 9.59 Å². The maximum atomic E-state index is 16.0. The average molecular weight is 793 g/mol. The maximum Gasteiger partial charge on any atom is 0.267 e. The molecular weight excluding hydrogens is 743 g/mol. The molecule has 1 saturated carbocycles. The molecule has 4 atom stereocenters. The van der Waals surface area contributed by atoms with Gasteiger partial charge in [0.05, 0.1) is 23.8 Å². The van der Waals surface area contributed by atoms with E-state index in [1.807, 2.05) is 41.4 Å². The summed E-state index contributed by atoms with van der Waals surface area (Å²) in [5.74, 6) is -2.96. The highest BCUT2D eigenvalue weighted by atomic mass is 19.3. The molecule has 2 amide bonds. The number of aromatic nitrogens is 4. The van der Waals surface area contributed by atoms with E-state index in [9.17, 15) is 14.7 Å². The van der Waals surface area contributed by atoms with Crippen molar-refractivity contribution in [2.45, 2.75) is 99.7 Å². The molecule has 4 aromatic rings. The Bertz CT molecular complexity index is 2170. The van der Waals surface area contributed by atoms with E-state index in [0.29, 0.717) is 47.7 Å². The maximum absolute atomic E-state index is 16.0. The van der Waals surface area contributed by atoms with Crippen molar-refractivity contribution in [2.24, 2.45) is 0 Å². The number of phenols is 1. The molecule has 6 heterocycles. The molecule has 4 saturated heterocycles. The lowest BCUT2D eigenvalue weighted by molar-refractivity contribution is -0.134. The molecule has 304 valence electrons. The number of nitrogens with zero attached hydrogens (tertiary/aromatic N) is 8. The number of nitrogen functional groups attached to an aromatic ring is 1. The molecule has 5 fully saturated rings. The third-order valence-electron chi connectivity index (χ3n) is 13.3. The predicted molar refractivity (Wildman–Crippen MR) is 217 cm³/mol. The van der Waals surface area contributed by atoms with Crippen molar-refractivity contribution in [2.75, 3.05) is 53.7 Å². The number of benzene rings is 2. The van der Waals surface area contributed by atoms with Gasteiger partial charge in [-0.1, -0.05) is 24.3 Å². The Morgan fingerprint density at radius 3 is 2.40 bits per heavy atom. The van der Waals surface area contributed by atoms with E-state index in [-0.39, 0.29) is 54.6 Å². The molecule has 58 heavy (non-hydrogen) atoms. The van der Waals surface area contributed by atoms with Crippen LogP contribution in [0.1, 0.15) is 80.9 Å². The Labute approximate surface area is 336 Å². The Morgan fingerprint density at radius 1 is 0.897 bits per heavy atom. The van der Waals surface area contributed by atoms with E-state index < -0.39 is 17.9 Å². The summed E-state index contributed by atoms with van der Waals surface area (Å²) in [6, 6.07) is 18.1. The summed E-state index contributed by atoms with van der Waals surface area (Å²) in [4.78, 5) is 42.5. The SMILES string of the molecule is CN(c1cccc([C@H]2CCN([C@H]3CC[C@H](c4ccnc(N5[C@@H]6CC[C@H]5CN(c5cc(-c7ccccc7O)nnc5N)C6)n4)CC3)CC2(F)F)c1)C1CCC(=O)NC1=O. The van der Waals surface area contributed by atoms with Crippen LogP contribution in [0.4, 0.5) is 31.9 Å². The highest BCUT2D eigenvalue weighted by Crippen LogP contribution is 2.45. The molecule has 0 spiro atoms. The second-order valence-electron chi connectivity index (χ2n) is 16.7. The fraction of sp³-hybridized carbons (Fsp3) is 0.488. The highest BCUT2D eigenvalue weighted by Gasteiger charge is 2.47. The Kier molecular flexibility index (Phi) is 10.1. The second-order valence-corrected chi connectivity index (χ2v) is 16.7. The summed E-state index contributed by atoms with van der Waals surface area (Å²) in [5.41, 5.74) is 10.6. The lowest BCUT2D eigenvalue weighted by Gasteiger charge is -2.44. The van der Waals surface area contributed by atoms with Gasteiger partial charge in [0, 0.05) is 73.7 Å². The number of carbonyl (C=O) groups excluding carboxylic acids is 2. The summed E-state index contributed by atoms with van der Waals surface area (Å²) in [6.45, 7) is 1.80. The molecule has 5 aliphatic rings. The average Bonchev–Trinajstić information content (AvgIpc) is 3.49. The van der Waals surface area contributed by atoms with Gasteiger partial charge in [-0.15, -0.1) is 10.2 Å². The molecule has 4 N–H and O–H groups in total. The van der Waals surface area contributed by atoms with E-state index >= 15 is 8.78 Å². The number of amides is 2. The molecular formula is C43H50F2N10O3. The van der Waals surface area contributed by atoms with E-state index in [4.69, 9.17) is 15.7 Å². The molecule has 13 nitrogen and oxygen atoms in total. The van der Waals surface area contributed by atoms with Gasteiger partial charge in [0.1, 0.15) is 11.8 Å². The number of nitrogens with one attached hydrogen (secondary N) is 1. The minimum absolute atomic E-state index is 0.0970. The van der Waals surface area contributed by atoms with Crippen LogP contribution >= 0.6 is 0 Å². The van der Waals surface area contributed by atoms with Gasteiger partial charge < -0.3 is 25.5 Å². The fourth-order valence-corrected chi connectivity index (χ4v) is 10.2. The van der Waals surface area contributed by atoms with Crippen molar-refractivity contribution >= 4 is 35.0 Å². The van der Waals surface area contributed by atoms with Crippen molar-refractivity contribution in [3.63, 3.8) is 0 Å². The number of likely N-dealkylation sites (N-methyl/N-ethyl adjacent to an activating group) is 1. The molecule has 2 aromatic heterocycles. The van der Waals surface area contributed by atoms with Gasteiger partial charge in [0.25, 0.3) is 5.92 Å². The smallest absolute Gasteiger partial charge is 0.267 e. The fourth-order valence-electron chi connectivity index (χ4n) is 10.2. The molecule has 0 radical (unpaired) electrons. The number of likely N-dealkylation sites (tertiary alicyclic amines) is 1. The minimum atomic E-state index is -2.90. The van der Waals surface area contributed by atoms with Gasteiger partial charge in [0.2, 0.25) is 17.8 Å². The van der Waals surface area contributed by atoms with E-state index in [2.05, 4.69) is 25.3 Å². The van der Waals surface area contributed by atoms with Gasteiger partial charge in [-0.25, -0.2) is 18.7 Å². The van der Waals surface area contributed by atoms with Crippen molar-refractivity contribution in [3.8, 4) is 17.0 Å². The number of piperazine rings is 1. The van der Waals surface area contributed by atoms with E-state index in [1.165, 1.54) is 0 Å². The largest absolute Gasteiger partial charge is 0.507 e. The zero-order valence-corrected chi connectivity index (χ0v) is 32.7. The quantitative estimate of drug-likeness (QED) is 0.194. The standard InChI is InChI=1S/C43H50F2N10O3/c1-52(36-15-16-39(57)49-41(36)58)29-6-4-5-27(21-29)33-18-20-53(25-43(33,44)45)28-11-9-26(10-12-28)34-17-19-47-42(48-34)55-30-13-14-31(55)24-54(23-30)37-22-35(50-51-40(37)46)32-7-2-3-8-38(32)56/h2-8,17,19,21-22,26,28,30-31,33,36,56H,9-16,18,20,23-25H2,1H3,(H2,46,51)(H,49,57,58)/t26-,28-,30-,31+,33-,36?/m1/s1. The predicted octanol–water partition coefficient (Wildman–Crippen LogP) is 5.47. The molecule has 2 aromatic carbocycles. The highest BCUT2D eigenvalue weighted by molar-refractivity contribution is 6.01. The normalized spacial score (nSPS) is 27.4. The minimum Gasteiger partial charge on any atom is -0.507 e. The number of hydrogen-bond acceptors (Lipinski definition) is 12. The topological polar surface area (TPSA) is 157 Å². The van der Waals surface area contributed by atoms with E-state index in [1.54, 1.807) is 42.3 Å². The number of phenolic OH excluding ortho intramolecular Hbond substituents is 1. The van der Waals surface area contributed by atoms with Crippen LogP contribution in [0.2, 0.25) is 0 Å². The van der Waals surface area contributed by atoms with Crippen LogP contribution in [0, 0.1) is 0 Å². The van der Waals surface area contributed by atoms with Gasteiger partial charge in [-0.3, -0.25) is 19.8 Å². The van der Waals surface area contributed by atoms with Gasteiger partial charge >= 0.3 is 0 Å². The lowest BCUT2D eigenvalue weighted by atomic mass is 9.80. The zero-order chi connectivity index (χ0) is 40.1. The first-order chi connectivity index (χ1) is 28.0. The third-order valence-corrected chi connectivity index (χ3v) is 13.3. The van der Waals surface area contributed by atoms with Gasteiger partial charge in [-0.05, 0) is 99.9 Å². The molecule has 9 rings (SSSR count). The van der Waals surface area contributed by atoms with Crippen molar-refractivity contribution in [1.82, 2.24) is 30.4 Å². The number of carbonyl (C=O) groups is 2. The van der Waals surface area contributed by atoms with Crippen molar-refractivity contribution in [3.05, 3.63) is 78.1 Å². The van der Waals surface area contributed by atoms with Crippen LogP contribution in [-0.4, -0.2) is 105 Å². The summed E-state index contributed by atoms with van der Waals surface area (Å²) in [5, 5.41) is 21.3. The van der Waals surface area contributed by atoms with Crippen molar-refractivity contribution < 1.29 is 23.5 Å². The number of rotatable bonds is 8. The molecule has 15 heteroatoms. The Hall–Kier alpha value is -5.44. The lowest BCUT2D eigenvalue weighted by Crippen LogP contribution is -2.54. The van der Waals surface area contributed by atoms with Gasteiger partial charge in [-0.2, -0.15) is 0 Å². The summed E-state index contributed by atoms with van der Waals surface area (Å²) in [7, 11) is 1.78. The van der Waals surface area contributed by atoms with Crippen LogP contribution in [0.5, 0.6) is 5.75 Å². The number of alkyl halides is 2. The Balaban J connectivity index is 0.816. The molecule has 4 aliphatic heterocycles. The summed E-state index contributed by atoms with van der Waals surface area (Å²) in [6.07, 6.45) is 8.33. The zero-order valence-electron chi connectivity index (χ0n) is 32.7. The Morgan fingerprint density at radius 2 is 1.66 bits per heavy atom. The van der Waals surface area contributed by atoms with Gasteiger partial charge in [0.15, 0.2) is 5.82 Å². The monoisotopic (exact) mass is 792 g/mol. The number of halogens is 2. The number of fused-ring (bicyclic) bond motifs is 2. The number of imide groups is 1. The van der Waals surface area contributed by atoms with Crippen molar-refractivity contribution in [1.29, 1.82) is 0 Å². The molecule has 1 unspecified atom stereocenters. The van der Waals surface area contributed by atoms with Crippen LogP contribution in [0.3, 0.4) is 0 Å². The molecule has 1 aliphatic carbocycles. The number of piperidine rings is 2. The summed E-state index contributed by atoms with van der Waals surface area (Å²) >= 11 is 0. The molecule has 2 bridgehead atoms. The second kappa shape index (κ2) is 15.4. The number of hydrogen-bond donors (Lipinski definition) is 3. The number of aromatic hydroxyl groups is 1. The van der Waals surface area contributed by atoms with Crippen LogP contribution in [0.25, 0.3) is 11.3 Å². The first kappa shape index (κ1) is 38.1. The number of para-hydroxylation sites is 1. The van der Waals surface area contributed by atoms with E-state index in [0.717, 1.165) is 68.9 Å². The van der Waals surface area contributed by atoms with Crippen LogP contribution in [0.15, 0.2) is 66.9 Å². The van der Waals surface area contributed by atoms with Crippen LogP contribution < -0.4 is 25.8 Å². The number of nitrogens with two attached hydrogens (primary N) is 1.